The van der Waals surface area contributed by atoms with Crippen molar-refractivity contribution in [1.82, 2.24) is 14.5 Å². The summed E-state index contributed by atoms with van der Waals surface area (Å²) in [5.41, 5.74) is 0.618. The molecule has 2 aliphatic heterocycles. The van der Waals surface area contributed by atoms with Crippen LogP contribution in [0.1, 0.15) is 39.5 Å². The number of likely N-dealkylation sites (tertiary alicyclic amines) is 1. The molecular formula is C22H34N4O4S. The van der Waals surface area contributed by atoms with Gasteiger partial charge in [0.15, 0.2) is 0 Å². The molecule has 31 heavy (non-hydrogen) atoms. The monoisotopic (exact) mass is 450 g/mol. The maximum atomic E-state index is 12.6. The number of rotatable bonds is 9. The Morgan fingerprint density at radius 1 is 1.10 bits per heavy atom. The molecule has 0 spiro atoms. The molecule has 1 N–H and O–H groups in total. The first-order chi connectivity index (χ1) is 14.9. The Balaban J connectivity index is 1.56. The van der Waals surface area contributed by atoms with Crippen LogP contribution < -0.4 is 10.2 Å². The lowest BCUT2D eigenvalue weighted by Crippen LogP contribution is -2.40. The van der Waals surface area contributed by atoms with Crippen LogP contribution in [0.5, 0.6) is 0 Å². The van der Waals surface area contributed by atoms with Gasteiger partial charge in [-0.25, -0.2) is 8.42 Å². The molecule has 0 radical (unpaired) electrons. The van der Waals surface area contributed by atoms with E-state index in [1.165, 1.54) is 35.7 Å². The number of benzene rings is 1. The van der Waals surface area contributed by atoms with Gasteiger partial charge in [0.1, 0.15) is 0 Å². The molecule has 8 nitrogen and oxygen atoms in total. The molecule has 2 saturated heterocycles. The fraction of sp³-hybridized carbons (Fsp3) is 0.636. The number of amides is 2. The third-order valence-electron chi connectivity index (χ3n) is 6.16. The van der Waals surface area contributed by atoms with Crippen molar-refractivity contribution in [1.29, 1.82) is 0 Å². The summed E-state index contributed by atoms with van der Waals surface area (Å²) in [6.07, 6.45) is 3.89. The van der Waals surface area contributed by atoms with Crippen molar-refractivity contribution < 1.29 is 18.0 Å². The fourth-order valence-corrected chi connectivity index (χ4v) is 5.77. The van der Waals surface area contributed by atoms with Crippen molar-refractivity contribution in [2.75, 3.05) is 50.7 Å². The van der Waals surface area contributed by atoms with E-state index in [2.05, 4.69) is 10.2 Å². The molecule has 2 fully saturated rings. The van der Waals surface area contributed by atoms with E-state index in [1.54, 1.807) is 30.9 Å². The van der Waals surface area contributed by atoms with Crippen LogP contribution in [0.3, 0.4) is 0 Å². The molecule has 0 bridgehead atoms. The smallest absolute Gasteiger partial charge is 0.243 e. The van der Waals surface area contributed by atoms with E-state index in [1.807, 2.05) is 0 Å². The SMILES string of the molecule is CCN(CC)S(=O)(=O)c1ccc(N2CC(C(=O)NCCN3CCCCC3)CC2=O)cc1. The van der Waals surface area contributed by atoms with Crippen LogP contribution in [-0.2, 0) is 19.6 Å². The topological polar surface area (TPSA) is 90.0 Å². The van der Waals surface area contributed by atoms with E-state index in [9.17, 15) is 18.0 Å². The lowest BCUT2D eigenvalue weighted by atomic mass is 10.1. The molecule has 1 atom stereocenters. The van der Waals surface area contributed by atoms with Crippen LogP contribution in [0.2, 0.25) is 0 Å². The highest BCUT2D eigenvalue weighted by molar-refractivity contribution is 7.89. The number of anilines is 1. The second kappa shape index (κ2) is 10.6. The molecule has 2 aliphatic rings. The zero-order valence-corrected chi connectivity index (χ0v) is 19.4. The minimum atomic E-state index is -3.54. The van der Waals surface area contributed by atoms with E-state index in [-0.39, 0.29) is 29.0 Å². The minimum Gasteiger partial charge on any atom is -0.355 e. The van der Waals surface area contributed by atoms with E-state index < -0.39 is 10.0 Å². The lowest BCUT2D eigenvalue weighted by Gasteiger charge is -2.26. The van der Waals surface area contributed by atoms with Gasteiger partial charge in [-0.15, -0.1) is 0 Å². The van der Waals surface area contributed by atoms with E-state index >= 15 is 0 Å². The van der Waals surface area contributed by atoms with Crippen LogP contribution in [0, 0.1) is 5.92 Å². The summed E-state index contributed by atoms with van der Waals surface area (Å²) >= 11 is 0. The summed E-state index contributed by atoms with van der Waals surface area (Å²) in [6, 6.07) is 6.35. The van der Waals surface area contributed by atoms with E-state index in [0.717, 1.165) is 19.6 Å². The van der Waals surface area contributed by atoms with Gasteiger partial charge in [0, 0.05) is 44.8 Å². The highest BCUT2D eigenvalue weighted by Gasteiger charge is 2.35. The Labute approximate surface area is 185 Å². The lowest BCUT2D eigenvalue weighted by molar-refractivity contribution is -0.126. The van der Waals surface area contributed by atoms with Crippen molar-refractivity contribution in [3.8, 4) is 0 Å². The predicted molar refractivity (Wildman–Crippen MR) is 120 cm³/mol. The molecule has 1 unspecified atom stereocenters. The van der Waals surface area contributed by atoms with Gasteiger partial charge >= 0.3 is 0 Å². The molecule has 3 rings (SSSR count). The molecule has 0 saturated carbocycles. The number of nitrogens with zero attached hydrogens (tertiary/aromatic N) is 3. The first kappa shape index (κ1) is 23.7. The van der Waals surface area contributed by atoms with Crippen molar-refractivity contribution >= 4 is 27.5 Å². The van der Waals surface area contributed by atoms with Crippen LogP contribution in [0.25, 0.3) is 0 Å². The first-order valence-electron chi connectivity index (χ1n) is 11.3. The van der Waals surface area contributed by atoms with Crippen LogP contribution in [0.15, 0.2) is 29.2 Å². The molecule has 1 aromatic carbocycles. The maximum Gasteiger partial charge on any atom is 0.243 e. The maximum absolute atomic E-state index is 12.6. The van der Waals surface area contributed by atoms with Crippen molar-refractivity contribution in [2.24, 2.45) is 5.92 Å². The van der Waals surface area contributed by atoms with Gasteiger partial charge in [-0.1, -0.05) is 20.3 Å². The average molecular weight is 451 g/mol. The van der Waals surface area contributed by atoms with Gasteiger partial charge in [-0.3, -0.25) is 9.59 Å². The van der Waals surface area contributed by atoms with E-state index in [4.69, 9.17) is 0 Å². The normalized spacial score (nSPS) is 20.4. The molecule has 9 heteroatoms. The summed E-state index contributed by atoms with van der Waals surface area (Å²) in [5, 5.41) is 2.97. The quantitative estimate of drug-likeness (QED) is 0.618. The average Bonchev–Trinajstić information content (AvgIpc) is 3.17. The Kier molecular flexibility index (Phi) is 8.07. The summed E-state index contributed by atoms with van der Waals surface area (Å²) in [4.78, 5) is 29.2. The highest BCUT2D eigenvalue weighted by atomic mass is 32.2. The molecule has 0 aliphatic carbocycles. The van der Waals surface area contributed by atoms with Gasteiger partial charge < -0.3 is 15.1 Å². The van der Waals surface area contributed by atoms with Gasteiger partial charge in [0.2, 0.25) is 21.8 Å². The number of sulfonamides is 1. The first-order valence-corrected chi connectivity index (χ1v) is 12.7. The number of carbonyl (C=O) groups is 2. The fourth-order valence-electron chi connectivity index (χ4n) is 4.31. The zero-order valence-electron chi connectivity index (χ0n) is 18.5. The Morgan fingerprint density at radius 3 is 2.35 bits per heavy atom. The van der Waals surface area contributed by atoms with Crippen molar-refractivity contribution in [3.05, 3.63) is 24.3 Å². The third-order valence-corrected chi connectivity index (χ3v) is 8.23. The summed E-state index contributed by atoms with van der Waals surface area (Å²) in [7, 11) is -3.54. The molecule has 1 aromatic rings. The van der Waals surface area contributed by atoms with Crippen LogP contribution >= 0.6 is 0 Å². The summed E-state index contributed by atoms with van der Waals surface area (Å²) in [6.45, 7) is 8.35. The highest BCUT2D eigenvalue weighted by Crippen LogP contribution is 2.27. The van der Waals surface area contributed by atoms with E-state index in [0.29, 0.717) is 31.9 Å². The largest absolute Gasteiger partial charge is 0.355 e. The Hall–Kier alpha value is -1.97. The molecular weight excluding hydrogens is 416 g/mol. The standard InChI is InChI=1S/C22H34N4O4S/c1-3-25(4-2)31(29,30)20-10-8-19(9-11-20)26-17-18(16-21(26)27)22(28)23-12-15-24-13-6-5-7-14-24/h8-11,18H,3-7,12-17H2,1-2H3,(H,23,28). The molecule has 172 valence electrons. The van der Waals surface area contributed by atoms with Gasteiger partial charge in [0.05, 0.1) is 10.8 Å². The van der Waals surface area contributed by atoms with Crippen molar-refractivity contribution in [2.45, 2.75) is 44.4 Å². The Morgan fingerprint density at radius 2 is 1.74 bits per heavy atom. The number of hydrogen-bond donors (Lipinski definition) is 1. The number of piperidine rings is 1. The minimum absolute atomic E-state index is 0.0893. The second-order valence-corrected chi connectivity index (χ2v) is 10.1. The van der Waals surface area contributed by atoms with Crippen LogP contribution in [-0.4, -0.2) is 75.3 Å². The van der Waals surface area contributed by atoms with Gasteiger partial charge in [-0.05, 0) is 50.2 Å². The summed E-state index contributed by atoms with van der Waals surface area (Å²) < 4.78 is 26.7. The van der Waals surface area contributed by atoms with Gasteiger partial charge in [0.25, 0.3) is 0 Å². The number of carbonyl (C=O) groups excluding carboxylic acids is 2. The Bertz CT molecular complexity index is 862. The molecule has 2 heterocycles. The predicted octanol–water partition coefficient (Wildman–Crippen LogP) is 1.67. The van der Waals surface area contributed by atoms with Gasteiger partial charge in [-0.2, -0.15) is 4.31 Å². The van der Waals surface area contributed by atoms with Crippen LogP contribution in [0.4, 0.5) is 5.69 Å². The zero-order chi connectivity index (χ0) is 22.4. The molecule has 0 aromatic heterocycles. The number of nitrogens with one attached hydrogen (secondary N) is 1. The second-order valence-electron chi connectivity index (χ2n) is 8.18. The molecule has 2 amide bonds. The number of hydrogen-bond acceptors (Lipinski definition) is 5. The third kappa shape index (κ3) is 5.64. The van der Waals surface area contributed by atoms with Crippen molar-refractivity contribution in [3.63, 3.8) is 0 Å². The summed E-state index contributed by atoms with van der Waals surface area (Å²) in [5.74, 6) is -0.586.